The summed E-state index contributed by atoms with van der Waals surface area (Å²) >= 11 is 0. The molecule has 20 heavy (non-hydrogen) atoms. The van der Waals surface area contributed by atoms with Crippen molar-refractivity contribution >= 4 is 0 Å². The predicted molar refractivity (Wildman–Crippen MR) is 83.0 cm³/mol. The van der Waals surface area contributed by atoms with Gasteiger partial charge >= 0.3 is 0 Å². The molecule has 3 nitrogen and oxygen atoms in total. The molecule has 3 heteroatoms. The van der Waals surface area contributed by atoms with Gasteiger partial charge in [-0.05, 0) is 39.0 Å². The van der Waals surface area contributed by atoms with E-state index < -0.39 is 0 Å². The largest absolute Gasteiger partial charge is 0.377 e. The Hall–Kier alpha value is -0.120. The number of nitrogens with one attached hydrogen (secondary N) is 1. The summed E-state index contributed by atoms with van der Waals surface area (Å²) in [7, 11) is 0. The highest BCUT2D eigenvalue weighted by Gasteiger charge is 2.38. The topological polar surface area (TPSA) is 24.5 Å². The van der Waals surface area contributed by atoms with Crippen LogP contribution in [-0.4, -0.2) is 48.8 Å². The molecule has 2 atom stereocenters. The third-order valence-corrected chi connectivity index (χ3v) is 5.33. The van der Waals surface area contributed by atoms with Gasteiger partial charge < -0.3 is 10.1 Å². The Morgan fingerprint density at radius 1 is 1.05 bits per heavy atom. The van der Waals surface area contributed by atoms with Crippen LogP contribution in [0.4, 0.5) is 0 Å². The molecular formula is C17H32N2O. The second kappa shape index (κ2) is 7.24. The van der Waals surface area contributed by atoms with E-state index in [4.69, 9.17) is 4.74 Å². The Balaban J connectivity index is 1.28. The quantitative estimate of drug-likeness (QED) is 0.598. The van der Waals surface area contributed by atoms with E-state index in [9.17, 15) is 0 Å². The van der Waals surface area contributed by atoms with E-state index in [0.717, 1.165) is 25.2 Å². The van der Waals surface area contributed by atoms with Crippen LogP contribution in [0.1, 0.15) is 64.7 Å². The molecule has 1 N–H and O–H groups in total. The molecular weight excluding hydrogens is 248 g/mol. The van der Waals surface area contributed by atoms with Crippen LogP contribution in [0.25, 0.3) is 0 Å². The summed E-state index contributed by atoms with van der Waals surface area (Å²) in [5, 5.41) is 3.71. The van der Waals surface area contributed by atoms with Gasteiger partial charge in [-0.3, -0.25) is 4.90 Å². The molecule has 0 unspecified atom stereocenters. The first kappa shape index (κ1) is 14.8. The second-order valence-corrected chi connectivity index (χ2v) is 7.15. The maximum Gasteiger partial charge on any atom is 0.0594 e. The van der Waals surface area contributed by atoms with Gasteiger partial charge in [-0.2, -0.15) is 0 Å². The van der Waals surface area contributed by atoms with Crippen LogP contribution in [0, 0.1) is 0 Å². The lowest BCUT2D eigenvalue weighted by Crippen LogP contribution is -2.36. The molecule has 3 rings (SSSR count). The van der Waals surface area contributed by atoms with Gasteiger partial charge in [0.05, 0.1) is 12.7 Å². The van der Waals surface area contributed by atoms with Crippen LogP contribution in [0.15, 0.2) is 0 Å². The lowest BCUT2D eigenvalue weighted by Gasteiger charge is -2.20. The van der Waals surface area contributed by atoms with Crippen LogP contribution in [0.5, 0.6) is 0 Å². The monoisotopic (exact) mass is 280 g/mol. The zero-order valence-electron chi connectivity index (χ0n) is 13.2. The predicted octanol–water partition coefficient (Wildman–Crippen LogP) is 2.94. The van der Waals surface area contributed by atoms with Gasteiger partial charge in [-0.1, -0.05) is 25.7 Å². The van der Waals surface area contributed by atoms with Gasteiger partial charge in [0.1, 0.15) is 0 Å². The minimum absolute atomic E-state index is 0.546. The highest BCUT2D eigenvalue weighted by molar-refractivity contribution is 4.95. The summed E-state index contributed by atoms with van der Waals surface area (Å²) in [5.41, 5.74) is 0. The van der Waals surface area contributed by atoms with E-state index in [-0.39, 0.29) is 0 Å². The van der Waals surface area contributed by atoms with Gasteiger partial charge in [0.15, 0.2) is 0 Å². The van der Waals surface area contributed by atoms with Crippen molar-refractivity contribution in [2.24, 2.45) is 0 Å². The third kappa shape index (κ3) is 4.19. The summed E-state index contributed by atoms with van der Waals surface area (Å²) in [4.78, 5) is 2.71. The van der Waals surface area contributed by atoms with Gasteiger partial charge in [-0.25, -0.2) is 0 Å². The zero-order valence-corrected chi connectivity index (χ0v) is 13.2. The van der Waals surface area contributed by atoms with Crippen LogP contribution >= 0.6 is 0 Å². The molecule has 0 aromatic heterocycles. The molecule has 1 saturated heterocycles. The van der Waals surface area contributed by atoms with Crippen molar-refractivity contribution < 1.29 is 4.74 Å². The van der Waals surface area contributed by atoms with Crippen molar-refractivity contribution in [2.75, 3.05) is 19.7 Å². The van der Waals surface area contributed by atoms with Gasteiger partial charge in [0, 0.05) is 31.2 Å². The maximum atomic E-state index is 6.06. The minimum Gasteiger partial charge on any atom is -0.377 e. The van der Waals surface area contributed by atoms with E-state index in [2.05, 4.69) is 17.1 Å². The fourth-order valence-electron chi connectivity index (χ4n) is 4.02. The molecule has 0 aromatic carbocycles. The summed E-state index contributed by atoms with van der Waals surface area (Å²) in [6.45, 7) is 5.59. The van der Waals surface area contributed by atoms with Crippen molar-refractivity contribution in [1.82, 2.24) is 10.2 Å². The van der Waals surface area contributed by atoms with Crippen LogP contribution in [0.3, 0.4) is 0 Å². The van der Waals surface area contributed by atoms with E-state index in [1.165, 1.54) is 64.3 Å². The highest BCUT2D eigenvalue weighted by Crippen LogP contribution is 2.33. The van der Waals surface area contributed by atoms with Crippen molar-refractivity contribution in [1.29, 1.82) is 0 Å². The van der Waals surface area contributed by atoms with Crippen molar-refractivity contribution in [3.05, 3.63) is 0 Å². The van der Waals surface area contributed by atoms with E-state index >= 15 is 0 Å². The molecule has 1 aliphatic heterocycles. The Morgan fingerprint density at radius 2 is 1.80 bits per heavy atom. The standard InChI is InChI=1S/C17H32N2O/c1-14-12-15(13-19(14)16-8-9-16)18-10-11-20-17-6-4-2-3-5-7-17/h14-18H,2-13H2,1H3/t14-,15-/m1/s1. The molecule has 0 spiro atoms. The summed E-state index contributed by atoms with van der Waals surface area (Å²) in [6, 6.07) is 2.39. The number of hydrogen-bond donors (Lipinski definition) is 1. The molecule has 0 bridgehead atoms. The van der Waals surface area contributed by atoms with Gasteiger partial charge in [-0.15, -0.1) is 0 Å². The van der Waals surface area contributed by atoms with E-state index in [1.807, 2.05) is 0 Å². The molecule has 2 aliphatic carbocycles. The van der Waals surface area contributed by atoms with Crippen molar-refractivity contribution in [2.45, 2.75) is 88.9 Å². The first-order chi connectivity index (χ1) is 9.83. The number of likely N-dealkylation sites (tertiary alicyclic amines) is 1. The Kier molecular flexibility index (Phi) is 5.36. The third-order valence-electron chi connectivity index (χ3n) is 5.33. The van der Waals surface area contributed by atoms with Crippen molar-refractivity contribution in [3.8, 4) is 0 Å². The average molecular weight is 280 g/mol. The van der Waals surface area contributed by atoms with Crippen molar-refractivity contribution in [3.63, 3.8) is 0 Å². The number of rotatable bonds is 6. The van der Waals surface area contributed by atoms with Gasteiger partial charge in [0.25, 0.3) is 0 Å². The Labute approximate surface area is 124 Å². The van der Waals surface area contributed by atoms with Gasteiger partial charge in [0.2, 0.25) is 0 Å². The first-order valence-corrected chi connectivity index (χ1v) is 8.93. The number of hydrogen-bond acceptors (Lipinski definition) is 3. The van der Waals surface area contributed by atoms with Crippen LogP contribution in [0.2, 0.25) is 0 Å². The minimum atomic E-state index is 0.546. The second-order valence-electron chi connectivity index (χ2n) is 7.15. The molecule has 3 fully saturated rings. The fraction of sp³-hybridized carbons (Fsp3) is 1.00. The summed E-state index contributed by atoms with van der Waals surface area (Å²) in [6.07, 6.45) is 12.9. The molecule has 0 amide bonds. The molecule has 2 saturated carbocycles. The number of ether oxygens (including phenoxy) is 1. The SMILES string of the molecule is C[C@@H]1C[C@@H](NCCOC2CCCCCC2)CN1C1CC1. The van der Waals surface area contributed by atoms with E-state index in [1.54, 1.807) is 0 Å². The Bertz CT molecular complexity index is 285. The Morgan fingerprint density at radius 3 is 2.50 bits per heavy atom. The van der Waals surface area contributed by atoms with E-state index in [0.29, 0.717) is 12.1 Å². The summed E-state index contributed by atoms with van der Waals surface area (Å²) < 4.78 is 6.06. The molecule has 116 valence electrons. The first-order valence-electron chi connectivity index (χ1n) is 8.93. The fourth-order valence-corrected chi connectivity index (χ4v) is 4.02. The summed E-state index contributed by atoms with van der Waals surface area (Å²) in [5.74, 6) is 0. The van der Waals surface area contributed by atoms with Crippen LogP contribution in [-0.2, 0) is 4.74 Å². The number of nitrogens with zero attached hydrogens (tertiary/aromatic N) is 1. The molecule has 0 radical (unpaired) electrons. The molecule has 0 aromatic rings. The maximum absolute atomic E-state index is 6.06. The normalized spacial score (nSPS) is 33.5. The molecule has 3 aliphatic rings. The highest BCUT2D eigenvalue weighted by atomic mass is 16.5. The van der Waals surface area contributed by atoms with Crippen LogP contribution < -0.4 is 5.32 Å². The smallest absolute Gasteiger partial charge is 0.0594 e. The lowest BCUT2D eigenvalue weighted by molar-refractivity contribution is 0.0441. The lowest BCUT2D eigenvalue weighted by atomic mass is 10.1. The molecule has 1 heterocycles. The zero-order chi connectivity index (χ0) is 13.8. The average Bonchev–Trinajstić information content (AvgIpc) is 3.24.